The number of halogens is 2. The van der Waals surface area contributed by atoms with E-state index in [4.69, 9.17) is 16.3 Å². The van der Waals surface area contributed by atoms with E-state index in [0.29, 0.717) is 13.0 Å². The molecule has 8 heteroatoms. The van der Waals surface area contributed by atoms with Crippen molar-refractivity contribution in [2.45, 2.75) is 6.42 Å². The molecule has 1 aromatic carbocycles. The molecule has 1 amide bonds. The van der Waals surface area contributed by atoms with Gasteiger partial charge < -0.3 is 10.1 Å². The molecule has 5 nitrogen and oxygen atoms in total. The van der Waals surface area contributed by atoms with Crippen LogP contribution in [0.4, 0.5) is 4.39 Å². The van der Waals surface area contributed by atoms with Gasteiger partial charge in [-0.05, 0) is 30.5 Å². The van der Waals surface area contributed by atoms with E-state index in [-0.39, 0.29) is 40.7 Å². The zero-order chi connectivity index (χ0) is 15.5. The Morgan fingerprint density at radius 3 is 2.86 bits per heavy atom. The number of nitrogens with one attached hydrogen (secondary N) is 1. The van der Waals surface area contributed by atoms with Crippen molar-refractivity contribution in [1.29, 1.82) is 0 Å². The Bertz CT molecular complexity index is 635. The first kappa shape index (κ1) is 16.0. The first-order chi connectivity index (χ1) is 9.85. The van der Waals surface area contributed by atoms with Crippen LogP contribution in [-0.2, 0) is 14.6 Å². The Labute approximate surface area is 127 Å². The number of sulfone groups is 1. The van der Waals surface area contributed by atoms with Gasteiger partial charge in [0.2, 0.25) is 0 Å². The molecule has 0 spiro atoms. The van der Waals surface area contributed by atoms with Gasteiger partial charge in [-0.1, -0.05) is 11.6 Å². The highest BCUT2D eigenvalue weighted by Gasteiger charge is 2.27. The van der Waals surface area contributed by atoms with Gasteiger partial charge in [0.1, 0.15) is 11.6 Å². The quantitative estimate of drug-likeness (QED) is 0.883. The van der Waals surface area contributed by atoms with Crippen LogP contribution in [0, 0.1) is 11.7 Å². The third-order valence-corrected chi connectivity index (χ3v) is 5.30. The first-order valence-corrected chi connectivity index (χ1v) is 8.60. The number of amides is 1. The molecule has 0 bridgehead atoms. The summed E-state index contributed by atoms with van der Waals surface area (Å²) in [6.07, 6.45) is 0.563. The molecule has 1 heterocycles. The first-order valence-electron chi connectivity index (χ1n) is 6.41. The van der Waals surface area contributed by atoms with E-state index in [1.165, 1.54) is 12.1 Å². The maximum atomic E-state index is 12.8. The van der Waals surface area contributed by atoms with Crippen LogP contribution < -0.4 is 10.1 Å². The zero-order valence-electron chi connectivity index (χ0n) is 11.1. The molecule has 0 saturated carbocycles. The van der Waals surface area contributed by atoms with Crippen LogP contribution in [0.15, 0.2) is 18.2 Å². The average Bonchev–Trinajstić information content (AvgIpc) is 2.75. The summed E-state index contributed by atoms with van der Waals surface area (Å²) < 4.78 is 40.6. The fraction of sp³-hybridized carbons (Fsp3) is 0.462. The maximum absolute atomic E-state index is 12.8. The third-order valence-electron chi connectivity index (χ3n) is 3.17. The van der Waals surface area contributed by atoms with Gasteiger partial charge in [0, 0.05) is 6.54 Å². The van der Waals surface area contributed by atoms with Gasteiger partial charge >= 0.3 is 0 Å². The molecule has 0 aromatic heterocycles. The molecule has 1 saturated heterocycles. The van der Waals surface area contributed by atoms with Crippen molar-refractivity contribution < 1.29 is 22.3 Å². The van der Waals surface area contributed by atoms with Crippen molar-refractivity contribution in [2.75, 3.05) is 24.7 Å². The lowest BCUT2D eigenvalue weighted by Gasteiger charge is -2.11. The van der Waals surface area contributed by atoms with Gasteiger partial charge in [0.25, 0.3) is 5.91 Å². The number of hydrogen-bond donors (Lipinski definition) is 1. The SMILES string of the molecule is O=C(COc1ccc(F)cc1Cl)NC[C@@H]1CCS(=O)(=O)C1. The highest BCUT2D eigenvalue weighted by molar-refractivity contribution is 7.91. The van der Waals surface area contributed by atoms with Crippen LogP contribution in [0.5, 0.6) is 5.75 Å². The van der Waals surface area contributed by atoms with Crippen molar-refractivity contribution in [3.8, 4) is 5.75 Å². The van der Waals surface area contributed by atoms with E-state index in [2.05, 4.69) is 5.32 Å². The Balaban J connectivity index is 1.75. The standard InChI is InChI=1S/C13H15ClFNO4S/c14-11-5-10(15)1-2-12(11)20-7-13(17)16-6-9-3-4-21(18,19)8-9/h1-2,5,9H,3-4,6-8H2,(H,16,17)/t9-/m0/s1. The molecule has 0 aliphatic carbocycles. The van der Waals surface area contributed by atoms with Gasteiger partial charge in [0.05, 0.1) is 16.5 Å². The summed E-state index contributed by atoms with van der Waals surface area (Å²) in [6.45, 7) is 0.0450. The van der Waals surface area contributed by atoms with Gasteiger partial charge in [-0.2, -0.15) is 0 Å². The Morgan fingerprint density at radius 1 is 1.48 bits per heavy atom. The van der Waals surface area contributed by atoms with Gasteiger partial charge in [-0.15, -0.1) is 0 Å². The van der Waals surface area contributed by atoms with Gasteiger partial charge in [-0.3, -0.25) is 4.79 Å². The summed E-state index contributed by atoms with van der Waals surface area (Å²) in [5, 5.41) is 2.71. The summed E-state index contributed by atoms with van der Waals surface area (Å²) in [4.78, 5) is 11.6. The number of ether oxygens (including phenoxy) is 1. The summed E-state index contributed by atoms with van der Waals surface area (Å²) in [7, 11) is -2.94. The summed E-state index contributed by atoms with van der Waals surface area (Å²) >= 11 is 5.76. The fourth-order valence-corrected chi connectivity index (χ4v) is 4.16. The molecular formula is C13H15ClFNO4S. The minimum absolute atomic E-state index is 0.0478. The van der Waals surface area contributed by atoms with Crippen LogP contribution in [0.1, 0.15) is 6.42 Å². The number of carbonyl (C=O) groups is 1. The van der Waals surface area contributed by atoms with Crippen molar-refractivity contribution >= 4 is 27.3 Å². The van der Waals surface area contributed by atoms with Crippen LogP contribution in [0.3, 0.4) is 0 Å². The maximum Gasteiger partial charge on any atom is 0.257 e. The Morgan fingerprint density at radius 2 is 2.24 bits per heavy atom. The molecule has 1 fully saturated rings. The molecule has 1 aliphatic heterocycles. The normalized spacial score (nSPS) is 20.2. The van der Waals surface area contributed by atoms with Crippen molar-refractivity contribution in [1.82, 2.24) is 5.32 Å². The molecule has 1 atom stereocenters. The smallest absolute Gasteiger partial charge is 0.257 e. The van der Waals surface area contributed by atoms with E-state index < -0.39 is 15.7 Å². The predicted molar refractivity (Wildman–Crippen MR) is 76.7 cm³/mol. The van der Waals surface area contributed by atoms with Crippen LogP contribution in [-0.4, -0.2) is 39.0 Å². The zero-order valence-corrected chi connectivity index (χ0v) is 12.7. The summed E-state index contributed by atoms with van der Waals surface area (Å²) in [5.41, 5.74) is 0. The van der Waals surface area contributed by atoms with Crippen LogP contribution in [0.2, 0.25) is 5.02 Å². The fourth-order valence-electron chi connectivity index (χ4n) is 2.08. The molecular weight excluding hydrogens is 321 g/mol. The molecule has 2 rings (SSSR count). The molecule has 1 aliphatic rings. The molecule has 0 radical (unpaired) electrons. The van der Waals surface area contributed by atoms with E-state index in [1.54, 1.807) is 0 Å². The van der Waals surface area contributed by atoms with Gasteiger partial charge in [-0.25, -0.2) is 12.8 Å². The number of rotatable bonds is 5. The number of benzene rings is 1. The molecule has 1 N–H and O–H groups in total. The molecule has 0 unspecified atom stereocenters. The van der Waals surface area contributed by atoms with E-state index in [0.717, 1.165) is 6.07 Å². The lowest BCUT2D eigenvalue weighted by Crippen LogP contribution is -2.33. The van der Waals surface area contributed by atoms with Gasteiger partial charge in [0.15, 0.2) is 16.4 Å². The highest BCUT2D eigenvalue weighted by Crippen LogP contribution is 2.24. The second-order valence-corrected chi connectivity index (χ2v) is 7.57. The topological polar surface area (TPSA) is 72.5 Å². The number of hydrogen-bond acceptors (Lipinski definition) is 4. The second-order valence-electron chi connectivity index (χ2n) is 4.94. The monoisotopic (exact) mass is 335 g/mol. The largest absolute Gasteiger partial charge is 0.482 e. The predicted octanol–water partition coefficient (Wildman–Crippen LogP) is 1.41. The molecule has 21 heavy (non-hydrogen) atoms. The average molecular weight is 336 g/mol. The lowest BCUT2D eigenvalue weighted by molar-refractivity contribution is -0.123. The van der Waals surface area contributed by atoms with E-state index >= 15 is 0 Å². The third kappa shape index (κ3) is 4.86. The minimum Gasteiger partial charge on any atom is -0.482 e. The molecule has 116 valence electrons. The Kier molecular flexibility index (Phi) is 5.05. The van der Waals surface area contributed by atoms with E-state index in [9.17, 15) is 17.6 Å². The number of carbonyl (C=O) groups excluding carboxylic acids is 1. The van der Waals surface area contributed by atoms with E-state index in [1.807, 2.05) is 0 Å². The Hall–Kier alpha value is -1.34. The van der Waals surface area contributed by atoms with Crippen molar-refractivity contribution in [3.63, 3.8) is 0 Å². The van der Waals surface area contributed by atoms with Crippen LogP contribution in [0.25, 0.3) is 0 Å². The minimum atomic E-state index is -2.94. The summed E-state index contributed by atoms with van der Waals surface area (Å²) in [6, 6.07) is 3.62. The van der Waals surface area contributed by atoms with Crippen molar-refractivity contribution in [3.05, 3.63) is 29.0 Å². The molecule has 1 aromatic rings. The highest BCUT2D eigenvalue weighted by atomic mass is 35.5. The summed E-state index contributed by atoms with van der Waals surface area (Å²) in [5.74, 6) is -0.406. The lowest BCUT2D eigenvalue weighted by atomic mass is 10.1. The van der Waals surface area contributed by atoms with Crippen LogP contribution >= 0.6 is 11.6 Å². The second kappa shape index (κ2) is 6.62. The van der Waals surface area contributed by atoms with Crippen molar-refractivity contribution in [2.24, 2.45) is 5.92 Å².